The van der Waals surface area contributed by atoms with E-state index in [1.54, 1.807) is 0 Å². The predicted molar refractivity (Wildman–Crippen MR) is 110 cm³/mol. The number of ether oxygens (including phenoxy) is 1. The van der Waals surface area contributed by atoms with E-state index in [-0.39, 0.29) is 12.5 Å². The lowest BCUT2D eigenvalue weighted by Crippen LogP contribution is -2.25. The highest BCUT2D eigenvalue weighted by Gasteiger charge is 2.09. The van der Waals surface area contributed by atoms with Crippen molar-refractivity contribution in [3.8, 4) is 5.75 Å². The van der Waals surface area contributed by atoms with Gasteiger partial charge in [0.15, 0.2) is 6.61 Å². The Hall–Kier alpha value is -3.14. The molecule has 3 aromatic carbocycles. The number of benzene rings is 3. The second kappa shape index (κ2) is 8.49. The molecule has 0 radical (unpaired) electrons. The lowest BCUT2D eigenvalue weighted by molar-refractivity contribution is -0.123. The van der Waals surface area contributed by atoms with Gasteiger partial charge in [-0.2, -0.15) is 5.10 Å². The number of carbonyl (C=O) groups excluding carboxylic acids is 1. The van der Waals surface area contributed by atoms with Gasteiger partial charge in [0.05, 0.1) is 5.71 Å². The number of para-hydroxylation sites is 1. The van der Waals surface area contributed by atoms with Crippen LogP contribution in [0.5, 0.6) is 5.75 Å². The minimum Gasteiger partial charge on any atom is -0.483 e. The van der Waals surface area contributed by atoms with Crippen LogP contribution in [0.4, 0.5) is 0 Å². The summed E-state index contributed by atoms with van der Waals surface area (Å²) >= 11 is 0. The van der Waals surface area contributed by atoms with Crippen LogP contribution in [0.3, 0.4) is 0 Å². The topological polar surface area (TPSA) is 50.7 Å². The normalized spacial score (nSPS) is 11.6. The summed E-state index contributed by atoms with van der Waals surface area (Å²) in [7, 11) is 0. The quantitative estimate of drug-likeness (QED) is 0.503. The van der Waals surface area contributed by atoms with Gasteiger partial charge in [0, 0.05) is 0 Å². The minimum absolute atomic E-state index is 0.0712. The van der Waals surface area contributed by atoms with Crippen molar-refractivity contribution in [2.24, 2.45) is 5.10 Å². The Morgan fingerprint density at radius 2 is 1.70 bits per heavy atom. The van der Waals surface area contributed by atoms with Crippen LogP contribution >= 0.6 is 0 Å². The third kappa shape index (κ3) is 4.73. The maximum Gasteiger partial charge on any atom is 0.277 e. The molecule has 138 valence electrons. The van der Waals surface area contributed by atoms with Gasteiger partial charge in [-0.05, 0) is 46.9 Å². The lowest BCUT2D eigenvalue weighted by Gasteiger charge is -2.13. The fourth-order valence-corrected chi connectivity index (χ4v) is 2.89. The Balaban J connectivity index is 1.62. The highest BCUT2D eigenvalue weighted by molar-refractivity contribution is 6.02. The maximum atomic E-state index is 12.1. The van der Waals surface area contributed by atoms with E-state index in [0.717, 1.165) is 28.0 Å². The number of hydrogen-bond donors (Lipinski definition) is 1. The first kappa shape index (κ1) is 18.6. The van der Waals surface area contributed by atoms with Gasteiger partial charge in [-0.15, -0.1) is 0 Å². The zero-order valence-corrected chi connectivity index (χ0v) is 15.9. The molecule has 0 bridgehead atoms. The summed E-state index contributed by atoms with van der Waals surface area (Å²) in [5.74, 6) is 0.781. The van der Waals surface area contributed by atoms with E-state index < -0.39 is 0 Å². The second-order valence-electron chi connectivity index (χ2n) is 6.78. The lowest BCUT2D eigenvalue weighted by atomic mass is 10.0. The Bertz CT molecular complexity index is 977. The van der Waals surface area contributed by atoms with Crippen LogP contribution in [0.25, 0.3) is 10.8 Å². The predicted octanol–water partition coefficient (Wildman–Crippen LogP) is 4.88. The molecule has 1 amide bonds. The Morgan fingerprint density at radius 3 is 2.48 bits per heavy atom. The Morgan fingerprint density at radius 1 is 1.00 bits per heavy atom. The van der Waals surface area contributed by atoms with E-state index in [4.69, 9.17) is 4.74 Å². The van der Waals surface area contributed by atoms with E-state index in [0.29, 0.717) is 5.92 Å². The summed E-state index contributed by atoms with van der Waals surface area (Å²) < 4.78 is 5.67. The van der Waals surface area contributed by atoms with E-state index in [1.807, 2.05) is 49.4 Å². The first-order valence-corrected chi connectivity index (χ1v) is 9.08. The summed E-state index contributed by atoms with van der Waals surface area (Å²) in [4.78, 5) is 12.1. The molecular formula is C23H24N2O2. The molecule has 0 aliphatic rings. The number of fused-ring (bicyclic) bond motifs is 1. The number of nitrogens with one attached hydrogen (secondary N) is 1. The molecule has 0 unspecified atom stereocenters. The van der Waals surface area contributed by atoms with Gasteiger partial charge in [-0.25, -0.2) is 5.43 Å². The molecular weight excluding hydrogens is 336 g/mol. The largest absolute Gasteiger partial charge is 0.483 e. The molecule has 0 saturated carbocycles. The monoisotopic (exact) mass is 360 g/mol. The SMILES string of the molecule is CC(=NNC(=O)COc1ccccc1C(C)C)c1ccc2ccccc2c1. The number of hydrogen-bond acceptors (Lipinski definition) is 3. The second-order valence-corrected chi connectivity index (χ2v) is 6.78. The van der Waals surface area contributed by atoms with Crippen LogP contribution in [0.1, 0.15) is 37.8 Å². The van der Waals surface area contributed by atoms with Crippen molar-refractivity contribution in [3.05, 3.63) is 77.9 Å². The van der Waals surface area contributed by atoms with E-state index >= 15 is 0 Å². The number of rotatable bonds is 6. The van der Waals surface area contributed by atoms with Gasteiger partial charge >= 0.3 is 0 Å². The van der Waals surface area contributed by atoms with E-state index in [1.165, 1.54) is 5.39 Å². The zero-order valence-electron chi connectivity index (χ0n) is 15.9. The summed E-state index contributed by atoms with van der Waals surface area (Å²) in [5.41, 5.74) is 5.38. The van der Waals surface area contributed by atoms with E-state index in [2.05, 4.69) is 48.6 Å². The third-order valence-corrected chi connectivity index (χ3v) is 4.42. The van der Waals surface area contributed by atoms with Crippen LogP contribution in [0.15, 0.2) is 71.8 Å². The van der Waals surface area contributed by atoms with Crippen molar-refractivity contribution in [3.63, 3.8) is 0 Å². The molecule has 1 N–H and O–H groups in total. The molecule has 0 spiro atoms. The van der Waals surface area contributed by atoms with Crippen molar-refractivity contribution in [1.29, 1.82) is 0 Å². The average Bonchev–Trinajstić information content (AvgIpc) is 2.70. The van der Waals surface area contributed by atoms with Gasteiger partial charge in [-0.3, -0.25) is 4.79 Å². The zero-order chi connectivity index (χ0) is 19.2. The van der Waals surface area contributed by atoms with Gasteiger partial charge < -0.3 is 4.74 Å². The number of nitrogens with zero attached hydrogens (tertiary/aromatic N) is 1. The molecule has 4 heteroatoms. The molecule has 0 fully saturated rings. The molecule has 4 nitrogen and oxygen atoms in total. The molecule has 0 aliphatic heterocycles. The van der Waals surface area contributed by atoms with Crippen LogP contribution in [0, 0.1) is 0 Å². The number of hydrazone groups is 1. The molecule has 0 saturated heterocycles. The molecule has 0 aliphatic carbocycles. The molecule has 0 aromatic heterocycles. The van der Waals surface area contributed by atoms with Crippen LogP contribution in [0.2, 0.25) is 0 Å². The first-order chi connectivity index (χ1) is 13.0. The minimum atomic E-state index is -0.284. The summed E-state index contributed by atoms with van der Waals surface area (Å²) in [6.07, 6.45) is 0. The first-order valence-electron chi connectivity index (χ1n) is 9.08. The fourth-order valence-electron chi connectivity index (χ4n) is 2.89. The van der Waals surface area contributed by atoms with Crippen molar-refractivity contribution >= 4 is 22.4 Å². The number of carbonyl (C=O) groups is 1. The highest BCUT2D eigenvalue weighted by Crippen LogP contribution is 2.25. The summed E-state index contributed by atoms with van der Waals surface area (Å²) in [6.45, 7) is 6.00. The summed E-state index contributed by atoms with van der Waals surface area (Å²) in [5, 5.41) is 6.53. The van der Waals surface area contributed by atoms with Crippen LogP contribution in [-0.2, 0) is 4.79 Å². The molecule has 0 heterocycles. The van der Waals surface area contributed by atoms with Crippen molar-refractivity contribution in [2.75, 3.05) is 6.61 Å². The Labute approximate surface area is 159 Å². The van der Waals surface area contributed by atoms with Gasteiger partial charge in [0.1, 0.15) is 5.75 Å². The number of amides is 1. The Kier molecular flexibility index (Phi) is 5.87. The van der Waals surface area contributed by atoms with Crippen molar-refractivity contribution in [2.45, 2.75) is 26.7 Å². The van der Waals surface area contributed by atoms with Crippen molar-refractivity contribution in [1.82, 2.24) is 5.43 Å². The fraction of sp³-hybridized carbons (Fsp3) is 0.217. The maximum absolute atomic E-state index is 12.1. The van der Waals surface area contributed by atoms with Gasteiger partial charge in [0.25, 0.3) is 5.91 Å². The van der Waals surface area contributed by atoms with Gasteiger partial charge in [0.2, 0.25) is 0 Å². The molecule has 3 rings (SSSR count). The van der Waals surface area contributed by atoms with E-state index in [9.17, 15) is 4.79 Å². The molecule has 0 atom stereocenters. The summed E-state index contributed by atoms with van der Waals surface area (Å²) in [6, 6.07) is 22.0. The molecule has 27 heavy (non-hydrogen) atoms. The average molecular weight is 360 g/mol. The standard InChI is InChI=1S/C23H24N2O2/c1-16(2)21-10-6-7-11-22(21)27-15-23(26)25-24-17(3)19-13-12-18-8-4-5-9-20(18)14-19/h4-14,16H,15H2,1-3H3,(H,25,26). The molecule has 3 aromatic rings. The van der Waals surface area contributed by atoms with Crippen molar-refractivity contribution < 1.29 is 9.53 Å². The smallest absolute Gasteiger partial charge is 0.277 e. The van der Waals surface area contributed by atoms with Gasteiger partial charge in [-0.1, -0.05) is 68.4 Å². The highest BCUT2D eigenvalue weighted by atomic mass is 16.5. The van der Waals surface area contributed by atoms with Crippen LogP contribution < -0.4 is 10.2 Å². The van der Waals surface area contributed by atoms with Crippen LogP contribution in [-0.4, -0.2) is 18.2 Å². The third-order valence-electron chi connectivity index (χ3n) is 4.42.